The highest BCUT2D eigenvalue weighted by atomic mass is 16.4. The minimum atomic E-state index is -1.10. The Hall–Kier alpha value is -1.40. The number of nitrogens with two attached hydrogens (primary N) is 1. The maximum absolute atomic E-state index is 11.1. The normalized spacial score (nSPS) is 24.8. The molecule has 2 rings (SSSR count). The Morgan fingerprint density at radius 3 is 2.79 bits per heavy atom. The number of H-pyrrole nitrogens is 1. The first-order chi connectivity index (χ1) is 8.71. The second kappa shape index (κ2) is 4.61. The van der Waals surface area contributed by atoms with Crippen LogP contribution >= 0.6 is 0 Å². The topological polar surface area (TPSA) is 95.2 Å². The maximum atomic E-state index is 11.1. The van der Waals surface area contributed by atoms with Crippen molar-refractivity contribution in [1.82, 2.24) is 15.1 Å². The average molecular weight is 266 g/mol. The molecule has 0 bridgehead atoms. The number of carboxylic acid groups (broad SMARTS) is 1. The second-order valence-electron chi connectivity index (χ2n) is 6.45. The molecule has 1 aromatic heterocycles. The summed E-state index contributed by atoms with van der Waals surface area (Å²) in [7, 11) is 0. The summed E-state index contributed by atoms with van der Waals surface area (Å²) in [6.45, 7) is 8.07. The van der Waals surface area contributed by atoms with Gasteiger partial charge in [0.1, 0.15) is 5.54 Å². The first kappa shape index (κ1) is 14.0. The van der Waals surface area contributed by atoms with Crippen LogP contribution in [0, 0.1) is 0 Å². The van der Waals surface area contributed by atoms with Gasteiger partial charge in [0.2, 0.25) is 0 Å². The van der Waals surface area contributed by atoms with Crippen LogP contribution in [0.15, 0.2) is 6.07 Å². The lowest BCUT2D eigenvalue weighted by atomic mass is 9.92. The van der Waals surface area contributed by atoms with Crippen molar-refractivity contribution < 1.29 is 9.90 Å². The fraction of sp³-hybridized carbons (Fsp3) is 0.692. The second-order valence-corrected chi connectivity index (χ2v) is 6.45. The van der Waals surface area contributed by atoms with Gasteiger partial charge in [-0.05, 0) is 12.5 Å². The van der Waals surface area contributed by atoms with E-state index in [9.17, 15) is 4.79 Å². The lowest BCUT2D eigenvalue weighted by Crippen LogP contribution is -2.50. The Kier molecular flexibility index (Phi) is 3.40. The number of nitrogens with zero attached hydrogens (tertiary/aromatic N) is 2. The lowest BCUT2D eigenvalue weighted by molar-refractivity contribution is -0.142. The van der Waals surface area contributed by atoms with Crippen LogP contribution in [0.3, 0.4) is 0 Å². The summed E-state index contributed by atoms with van der Waals surface area (Å²) in [6.07, 6.45) is 0.489. The van der Waals surface area contributed by atoms with Crippen molar-refractivity contribution in [1.29, 1.82) is 0 Å². The summed E-state index contributed by atoms with van der Waals surface area (Å²) in [5, 5.41) is 16.4. The Morgan fingerprint density at radius 1 is 1.63 bits per heavy atom. The highest BCUT2D eigenvalue weighted by Crippen LogP contribution is 2.23. The molecule has 0 aromatic carbocycles. The molecule has 19 heavy (non-hydrogen) atoms. The molecule has 4 N–H and O–H groups in total. The first-order valence-corrected chi connectivity index (χ1v) is 6.50. The van der Waals surface area contributed by atoms with Gasteiger partial charge in [-0.25, -0.2) is 0 Å². The van der Waals surface area contributed by atoms with E-state index < -0.39 is 11.5 Å². The standard InChI is InChI=1S/C13H22N4O2/c1-12(2,3)10-6-9(15-16-10)7-17-5-4-13(14,8-17)11(18)19/h6H,4-5,7-8,14H2,1-3H3,(H,15,16)(H,18,19). The summed E-state index contributed by atoms with van der Waals surface area (Å²) in [5.74, 6) is -0.921. The van der Waals surface area contributed by atoms with Crippen LogP contribution in [-0.4, -0.2) is 44.8 Å². The molecule has 1 fully saturated rings. The number of rotatable bonds is 3. The molecular weight excluding hydrogens is 244 g/mol. The number of nitrogens with one attached hydrogen (secondary N) is 1. The summed E-state index contributed by atoms with van der Waals surface area (Å²) in [4.78, 5) is 13.1. The fourth-order valence-electron chi connectivity index (χ4n) is 2.29. The van der Waals surface area contributed by atoms with Crippen molar-refractivity contribution in [2.75, 3.05) is 13.1 Å². The van der Waals surface area contributed by atoms with Gasteiger partial charge in [0.25, 0.3) is 0 Å². The van der Waals surface area contributed by atoms with E-state index in [0.29, 0.717) is 26.1 Å². The molecule has 106 valence electrons. The van der Waals surface area contributed by atoms with E-state index in [1.807, 2.05) is 11.0 Å². The molecule has 1 atom stereocenters. The number of carboxylic acids is 1. The van der Waals surface area contributed by atoms with Gasteiger partial charge in [0, 0.05) is 30.7 Å². The van der Waals surface area contributed by atoms with Crippen molar-refractivity contribution in [2.45, 2.75) is 44.7 Å². The number of aromatic amines is 1. The van der Waals surface area contributed by atoms with E-state index in [2.05, 4.69) is 31.0 Å². The van der Waals surface area contributed by atoms with Crippen LogP contribution < -0.4 is 5.73 Å². The van der Waals surface area contributed by atoms with Crippen LogP contribution in [0.4, 0.5) is 0 Å². The third kappa shape index (κ3) is 2.96. The van der Waals surface area contributed by atoms with E-state index in [4.69, 9.17) is 10.8 Å². The smallest absolute Gasteiger partial charge is 0.325 e. The zero-order chi connectivity index (χ0) is 14.3. The molecule has 6 nitrogen and oxygen atoms in total. The van der Waals surface area contributed by atoms with Crippen LogP contribution in [0.2, 0.25) is 0 Å². The van der Waals surface area contributed by atoms with Gasteiger partial charge in [0.15, 0.2) is 0 Å². The van der Waals surface area contributed by atoms with Crippen molar-refractivity contribution in [3.05, 3.63) is 17.5 Å². The number of hydrogen-bond donors (Lipinski definition) is 3. The lowest BCUT2D eigenvalue weighted by Gasteiger charge is -2.19. The minimum absolute atomic E-state index is 0.0124. The van der Waals surface area contributed by atoms with Crippen LogP contribution in [-0.2, 0) is 16.8 Å². The van der Waals surface area contributed by atoms with Crippen molar-refractivity contribution in [2.24, 2.45) is 5.73 Å². The molecule has 0 radical (unpaired) electrons. The van der Waals surface area contributed by atoms with Crippen LogP contribution in [0.1, 0.15) is 38.6 Å². The van der Waals surface area contributed by atoms with Crippen molar-refractivity contribution >= 4 is 5.97 Å². The predicted octanol–water partition coefficient (Wildman–Crippen LogP) is 0.695. The largest absolute Gasteiger partial charge is 0.480 e. The Bertz CT molecular complexity index is 477. The number of likely N-dealkylation sites (tertiary alicyclic amines) is 1. The van der Waals surface area contributed by atoms with E-state index >= 15 is 0 Å². The Labute approximate surface area is 113 Å². The molecule has 1 aliphatic heterocycles. The van der Waals surface area contributed by atoms with Crippen LogP contribution in [0.25, 0.3) is 0 Å². The van der Waals surface area contributed by atoms with Gasteiger partial charge in [-0.1, -0.05) is 20.8 Å². The van der Waals surface area contributed by atoms with E-state index in [0.717, 1.165) is 11.4 Å². The van der Waals surface area contributed by atoms with Gasteiger partial charge < -0.3 is 10.8 Å². The maximum Gasteiger partial charge on any atom is 0.325 e. The highest BCUT2D eigenvalue weighted by molar-refractivity contribution is 5.79. The van der Waals surface area contributed by atoms with Gasteiger partial charge in [-0.2, -0.15) is 5.10 Å². The number of aromatic nitrogens is 2. The zero-order valence-electron chi connectivity index (χ0n) is 11.7. The predicted molar refractivity (Wildman–Crippen MR) is 71.7 cm³/mol. The summed E-state index contributed by atoms with van der Waals surface area (Å²) >= 11 is 0. The molecule has 1 saturated heterocycles. The summed E-state index contributed by atoms with van der Waals surface area (Å²) in [6, 6.07) is 2.04. The van der Waals surface area contributed by atoms with E-state index in [-0.39, 0.29) is 5.41 Å². The Balaban J connectivity index is 2.00. The number of aliphatic carboxylic acids is 1. The molecule has 1 aromatic rings. The third-order valence-corrected chi connectivity index (χ3v) is 3.60. The van der Waals surface area contributed by atoms with Gasteiger partial charge in [-0.15, -0.1) is 0 Å². The molecule has 0 saturated carbocycles. The monoisotopic (exact) mass is 266 g/mol. The molecule has 0 amide bonds. The SMILES string of the molecule is CC(C)(C)c1cc(CN2CCC(N)(C(=O)O)C2)[nH]n1. The zero-order valence-corrected chi connectivity index (χ0v) is 11.7. The third-order valence-electron chi connectivity index (χ3n) is 3.60. The fourth-order valence-corrected chi connectivity index (χ4v) is 2.29. The molecule has 0 aliphatic carbocycles. The quantitative estimate of drug-likeness (QED) is 0.748. The van der Waals surface area contributed by atoms with E-state index in [1.54, 1.807) is 0 Å². The van der Waals surface area contributed by atoms with Gasteiger partial charge in [-0.3, -0.25) is 14.8 Å². The minimum Gasteiger partial charge on any atom is -0.480 e. The number of carbonyl (C=O) groups is 1. The molecule has 1 aliphatic rings. The van der Waals surface area contributed by atoms with Crippen LogP contribution in [0.5, 0.6) is 0 Å². The molecule has 1 unspecified atom stereocenters. The van der Waals surface area contributed by atoms with Crippen molar-refractivity contribution in [3.8, 4) is 0 Å². The van der Waals surface area contributed by atoms with Gasteiger partial charge in [0.05, 0.1) is 5.69 Å². The average Bonchev–Trinajstić information content (AvgIpc) is 2.86. The Morgan fingerprint density at radius 2 is 2.32 bits per heavy atom. The summed E-state index contributed by atoms with van der Waals surface area (Å²) < 4.78 is 0. The molecule has 0 spiro atoms. The molecule has 6 heteroatoms. The highest BCUT2D eigenvalue weighted by Gasteiger charge is 2.41. The van der Waals surface area contributed by atoms with E-state index in [1.165, 1.54) is 0 Å². The summed E-state index contributed by atoms with van der Waals surface area (Å²) in [5.41, 5.74) is 6.77. The van der Waals surface area contributed by atoms with Crippen molar-refractivity contribution in [3.63, 3.8) is 0 Å². The number of hydrogen-bond acceptors (Lipinski definition) is 4. The molecule has 2 heterocycles. The van der Waals surface area contributed by atoms with Gasteiger partial charge >= 0.3 is 5.97 Å². The molecular formula is C13H22N4O2. The first-order valence-electron chi connectivity index (χ1n) is 6.50.